The van der Waals surface area contributed by atoms with Crippen molar-refractivity contribution in [3.8, 4) is 0 Å². The predicted molar refractivity (Wildman–Crippen MR) is 71.9 cm³/mol. The molecule has 0 radical (unpaired) electrons. The third-order valence-corrected chi connectivity index (χ3v) is 4.73. The van der Waals surface area contributed by atoms with E-state index in [1.54, 1.807) is 11.8 Å². The first-order chi connectivity index (χ1) is 7.54. The van der Waals surface area contributed by atoms with E-state index in [0.717, 1.165) is 6.42 Å². The van der Waals surface area contributed by atoms with Gasteiger partial charge < -0.3 is 21.7 Å². The molecule has 5 atom stereocenters. The second-order valence-electron chi connectivity index (χ2n) is 4.40. The van der Waals surface area contributed by atoms with Crippen LogP contribution in [-0.2, 0) is 0 Å². The van der Waals surface area contributed by atoms with Gasteiger partial charge in [0.1, 0.15) is 0 Å². The predicted octanol–water partition coefficient (Wildman–Crippen LogP) is -0.422. The summed E-state index contributed by atoms with van der Waals surface area (Å²) in [6, 6.07) is -0.142. The summed E-state index contributed by atoms with van der Waals surface area (Å²) < 4.78 is 0. The van der Waals surface area contributed by atoms with Crippen LogP contribution in [0.1, 0.15) is 19.3 Å². The highest BCUT2D eigenvalue weighted by Gasteiger charge is 2.32. The molecule has 0 spiro atoms. The smallest absolute Gasteiger partial charge is 0.0674 e. The van der Waals surface area contributed by atoms with Crippen LogP contribution >= 0.6 is 24.4 Å². The average Bonchev–Trinajstić information content (AvgIpc) is 2.22. The Bertz CT molecular complexity index is 209. The lowest BCUT2D eigenvalue weighted by Crippen LogP contribution is -2.52. The fourth-order valence-electron chi connectivity index (χ4n) is 1.85. The van der Waals surface area contributed by atoms with Gasteiger partial charge in [0, 0.05) is 23.1 Å². The molecule has 1 fully saturated rings. The van der Waals surface area contributed by atoms with Gasteiger partial charge in [0.05, 0.1) is 12.2 Å². The van der Waals surface area contributed by atoms with Crippen molar-refractivity contribution in [3.05, 3.63) is 0 Å². The Balaban J connectivity index is 2.30. The molecule has 0 amide bonds. The van der Waals surface area contributed by atoms with Crippen LogP contribution in [0.2, 0.25) is 0 Å². The summed E-state index contributed by atoms with van der Waals surface area (Å²) in [6.07, 6.45) is 1.22. The molecule has 0 aliphatic heterocycles. The van der Waals surface area contributed by atoms with E-state index in [-0.39, 0.29) is 23.4 Å². The molecule has 0 aromatic carbocycles. The zero-order chi connectivity index (χ0) is 12.1. The molecule has 5 unspecified atom stereocenters. The standard InChI is InChI=1S/C10H22N2O2S2/c11-7-3-9(14)10(4-8(7)12)16-5-6(13)1-2-15/h6-10,13-15H,1-5,11-12H2. The lowest BCUT2D eigenvalue weighted by atomic mass is 9.89. The molecule has 0 saturated heterocycles. The average molecular weight is 266 g/mol. The monoisotopic (exact) mass is 266 g/mol. The van der Waals surface area contributed by atoms with Crippen molar-refractivity contribution >= 4 is 24.4 Å². The fourth-order valence-corrected chi connectivity index (χ4v) is 3.48. The van der Waals surface area contributed by atoms with Gasteiger partial charge in [-0.2, -0.15) is 24.4 Å². The van der Waals surface area contributed by atoms with Gasteiger partial charge in [0.2, 0.25) is 0 Å². The molecule has 1 rings (SSSR count). The van der Waals surface area contributed by atoms with Crippen LogP contribution in [0.25, 0.3) is 0 Å². The maximum absolute atomic E-state index is 9.85. The van der Waals surface area contributed by atoms with Gasteiger partial charge in [-0.05, 0) is 25.0 Å². The zero-order valence-electron chi connectivity index (χ0n) is 9.33. The largest absolute Gasteiger partial charge is 0.392 e. The number of aliphatic hydroxyl groups is 2. The normalized spacial score (nSPS) is 37.3. The first-order valence-corrected chi connectivity index (χ1v) is 7.32. The van der Waals surface area contributed by atoms with Crippen molar-refractivity contribution in [2.75, 3.05) is 11.5 Å². The summed E-state index contributed by atoms with van der Waals surface area (Å²) in [6.45, 7) is 0. The second-order valence-corrected chi connectivity index (χ2v) is 6.12. The number of nitrogens with two attached hydrogens (primary N) is 2. The van der Waals surface area contributed by atoms with Gasteiger partial charge in [-0.1, -0.05) is 0 Å². The molecule has 4 nitrogen and oxygen atoms in total. The number of thiol groups is 1. The van der Waals surface area contributed by atoms with Crippen molar-refractivity contribution in [1.29, 1.82) is 0 Å². The highest BCUT2D eigenvalue weighted by molar-refractivity contribution is 8.00. The fraction of sp³-hybridized carbons (Fsp3) is 1.00. The third kappa shape index (κ3) is 4.43. The Hall–Kier alpha value is 0.540. The molecule has 96 valence electrons. The molecule has 6 heteroatoms. The molecule has 1 saturated carbocycles. The van der Waals surface area contributed by atoms with E-state index in [2.05, 4.69) is 12.6 Å². The van der Waals surface area contributed by atoms with E-state index in [1.807, 2.05) is 0 Å². The Labute approximate surface area is 107 Å². The van der Waals surface area contributed by atoms with Gasteiger partial charge in [-0.15, -0.1) is 0 Å². The van der Waals surface area contributed by atoms with Gasteiger partial charge in [-0.25, -0.2) is 0 Å². The summed E-state index contributed by atoms with van der Waals surface area (Å²) in [5.74, 6) is 1.31. The van der Waals surface area contributed by atoms with Crippen LogP contribution in [0.5, 0.6) is 0 Å². The minimum absolute atomic E-state index is 0.0390. The zero-order valence-corrected chi connectivity index (χ0v) is 11.0. The number of rotatable bonds is 5. The Morgan fingerprint density at radius 1 is 1.31 bits per heavy atom. The summed E-state index contributed by atoms with van der Waals surface area (Å²) in [5, 5.41) is 19.5. The van der Waals surface area contributed by atoms with Crippen LogP contribution in [0, 0.1) is 0 Å². The Kier molecular flexibility index (Phi) is 6.46. The van der Waals surface area contributed by atoms with E-state index in [0.29, 0.717) is 24.3 Å². The van der Waals surface area contributed by atoms with E-state index in [1.165, 1.54) is 0 Å². The highest BCUT2D eigenvalue weighted by Crippen LogP contribution is 2.28. The molecular weight excluding hydrogens is 244 g/mol. The molecule has 0 heterocycles. The first kappa shape index (κ1) is 14.6. The molecule has 0 aromatic heterocycles. The van der Waals surface area contributed by atoms with Crippen molar-refractivity contribution in [2.45, 2.75) is 48.8 Å². The Morgan fingerprint density at radius 2 is 1.94 bits per heavy atom. The minimum Gasteiger partial charge on any atom is -0.392 e. The van der Waals surface area contributed by atoms with Crippen LogP contribution < -0.4 is 11.5 Å². The summed E-state index contributed by atoms with van der Waals surface area (Å²) in [5.41, 5.74) is 11.7. The lowest BCUT2D eigenvalue weighted by Gasteiger charge is -2.35. The van der Waals surface area contributed by atoms with Gasteiger partial charge >= 0.3 is 0 Å². The maximum Gasteiger partial charge on any atom is 0.0674 e. The molecular formula is C10H22N2O2S2. The Morgan fingerprint density at radius 3 is 2.56 bits per heavy atom. The highest BCUT2D eigenvalue weighted by atomic mass is 32.2. The van der Waals surface area contributed by atoms with Crippen LogP contribution in [-0.4, -0.2) is 51.3 Å². The maximum atomic E-state index is 9.85. The summed E-state index contributed by atoms with van der Waals surface area (Å²) >= 11 is 5.66. The quantitative estimate of drug-likeness (QED) is 0.436. The van der Waals surface area contributed by atoms with Gasteiger partial charge in [-0.3, -0.25) is 0 Å². The third-order valence-electron chi connectivity index (χ3n) is 2.96. The van der Waals surface area contributed by atoms with Crippen molar-refractivity contribution < 1.29 is 10.2 Å². The number of hydrogen-bond acceptors (Lipinski definition) is 6. The molecule has 0 aromatic rings. The number of hydrogen-bond donors (Lipinski definition) is 5. The minimum atomic E-state index is -0.400. The summed E-state index contributed by atoms with van der Waals surface area (Å²) in [4.78, 5) is 0. The van der Waals surface area contributed by atoms with E-state index >= 15 is 0 Å². The van der Waals surface area contributed by atoms with Gasteiger partial charge in [0.15, 0.2) is 0 Å². The van der Waals surface area contributed by atoms with Crippen LogP contribution in [0.4, 0.5) is 0 Å². The molecule has 1 aliphatic carbocycles. The second kappa shape index (κ2) is 7.08. The molecule has 1 aliphatic rings. The van der Waals surface area contributed by atoms with E-state index < -0.39 is 6.10 Å². The van der Waals surface area contributed by atoms with Gasteiger partial charge in [0.25, 0.3) is 0 Å². The van der Waals surface area contributed by atoms with Crippen molar-refractivity contribution in [2.24, 2.45) is 11.5 Å². The van der Waals surface area contributed by atoms with E-state index in [4.69, 9.17) is 11.5 Å². The lowest BCUT2D eigenvalue weighted by molar-refractivity contribution is 0.118. The molecule has 16 heavy (non-hydrogen) atoms. The van der Waals surface area contributed by atoms with E-state index in [9.17, 15) is 10.2 Å². The molecule has 6 N–H and O–H groups in total. The topological polar surface area (TPSA) is 92.5 Å². The summed E-state index contributed by atoms with van der Waals surface area (Å²) in [7, 11) is 0. The number of thioether (sulfide) groups is 1. The first-order valence-electron chi connectivity index (χ1n) is 5.64. The van der Waals surface area contributed by atoms with Crippen molar-refractivity contribution in [3.63, 3.8) is 0 Å². The van der Waals surface area contributed by atoms with Crippen LogP contribution in [0.3, 0.4) is 0 Å². The SMILES string of the molecule is NC1CC(O)C(SCC(O)CCS)CC1N. The van der Waals surface area contributed by atoms with Crippen molar-refractivity contribution in [1.82, 2.24) is 0 Å². The van der Waals surface area contributed by atoms with Crippen LogP contribution in [0.15, 0.2) is 0 Å². The molecule has 0 bridgehead atoms. The number of aliphatic hydroxyl groups excluding tert-OH is 2.